The number of sulfonamides is 1. The van der Waals surface area contributed by atoms with Crippen LogP contribution in [0.1, 0.15) is 15.9 Å². The summed E-state index contributed by atoms with van der Waals surface area (Å²) < 4.78 is 36.0. The molecule has 1 amide bonds. The van der Waals surface area contributed by atoms with Crippen LogP contribution in [0.4, 0.5) is 4.39 Å². The van der Waals surface area contributed by atoms with Crippen LogP contribution in [0.25, 0.3) is 22.2 Å². The zero-order chi connectivity index (χ0) is 22.7. The number of amides is 1. The van der Waals surface area contributed by atoms with Gasteiger partial charge in [0, 0.05) is 17.5 Å². The summed E-state index contributed by atoms with van der Waals surface area (Å²) in [6, 6.07) is 21.2. The van der Waals surface area contributed by atoms with E-state index in [4.69, 9.17) is 5.14 Å². The van der Waals surface area contributed by atoms with E-state index < -0.39 is 10.0 Å². The van der Waals surface area contributed by atoms with E-state index in [2.05, 4.69) is 10.3 Å². The van der Waals surface area contributed by atoms with Crippen molar-refractivity contribution in [3.63, 3.8) is 0 Å². The van der Waals surface area contributed by atoms with E-state index in [1.54, 1.807) is 30.3 Å². The Bertz CT molecular complexity index is 1390. The lowest BCUT2D eigenvalue weighted by molar-refractivity contribution is 0.0955. The van der Waals surface area contributed by atoms with Crippen molar-refractivity contribution in [2.75, 3.05) is 6.54 Å². The summed E-state index contributed by atoms with van der Waals surface area (Å²) in [6.45, 7) is 0.357. The summed E-state index contributed by atoms with van der Waals surface area (Å²) >= 11 is 0. The van der Waals surface area contributed by atoms with Gasteiger partial charge in [0.25, 0.3) is 5.91 Å². The fraction of sp³-hybridized carbons (Fsp3) is 0.0833. The number of primary sulfonamides is 1. The molecule has 162 valence electrons. The smallest absolute Gasteiger partial charge is 0.252 e. The van der Waals surface area contributed by atoms with Crippen LogP contribution in [-0.4, -0.2) is 25.9 Å². The summed E-state index contributed by atoms with van der Waals surface area (Å²) in [4.78, 5) is 17.6. The van der Waals surface area contributed by atoms with E-state index in [0.29, 0.717) is 40.7 Å². The molecule has 1 aromatic heterocycles. The zero-order valence-corrected chi connectivity index (χ0v) is 17.8. The van der Waals surface area contributed by atoms with Crippen molar-refractivity contribution >= 4 is 26.8 Å². The van der Waals surface area contributed by atoms with Crippen molar-refractivity contribution < 1.29 is 17.6 Å². The highest BCUT2D eigenvalue weighted by Gasteiger charge is 2.14. The number of carbonyl (C=O) groups is 1. The Morgan fingerprint density at radius 3 is 2.34 bits per heavy atom. The zero-order valence-electron chi connectivity index (χ0n) is 17.0. The van der Waals surface area contributed by atoms with E-state index in [9.17, 15) is 17.6 Å². The number of nitrogens with one attached hydrogen (secondary N) is 1. The Labute approximate surface area is 185 Å². The largest absolute Gasteiger partial charge is 0.352 e. The molecule has 0 saturated heterocycles. The molecule has 4 aromatic rings. The highest BCUT2D eigenvalue weighted by atomic mass is 32.2. The first-order valence-corrected chi connectivity index (χ1v) is 11.4. The molecule has 0 saturated carbocycles. The molecule has 0 bridgehead atoms. The molecule has 6 nitrogen and oxygen atoms in total. The van der Waals surface area contributed by atoms with Gasteiger partial charge in [0.05, 0.1) is 21.7 Å². The van der Waals surface area contributed by atoms with E-state index in [1.165, 1.54) is 24.3 Å². The number of pyridine rings is 1. The molecule has 0 aliphatic carbocycles. The first kappa shape index (κ1) is 21.6. The number of nitrogens with two attached hydrogens (primary N) is 1. The monoisotopic (exact) mass is 449 g/mol. The number of rotatable bonds is 6. The maximum Gasteiger partial charge on any atom is 0.252 e. The maximum atomic E-state index is 13.3. The van der Waals surface area contributed by atoms with Crippen LogP contribution in [0.3, 0.4) is 0 Å². The molecule has 4 rings (SSSR count). The fourth-order valence-electron chi connectivity index (χ4n) is 3.39. The number of nitrogens with zero attached hydrogens (tertiary/aromatic N) is 1. The summed E-state index contributed by atoms with van der Waals surface area (Å²) in [5, 5.41) is 8.73. The highest BCUT2D eigenvalue weighted by molar-refractivity contribution is 7.89. The molecule has 3 N–H and O–H groups in total. The predicted molar refractivity (Wildman–Crippen MR) is 121 cm³/mol. The molecule has 32 heavy (non-hydrogen) atoms. The van der Waals surface area contributed by atoms with Gasteiger partial charge >= 0.3 is 0 Å². The Hall–Kier alpha value is -3.62. The second-order valence-electron chi connectivity index (χ2n) is 7.27. The van der Waals surface area contributed by atoms with Crippen LogP contribution in [0.2, 0.25) is 0 Å². The molecule has 3 aromatic carbocycles. The molecule has 0 aliphatic rings. The van der Waals surface area contributed by atoms with Gasteiger partial charge in [-0.3, -0.25) is 4.79 Å². The van der Waals surface area contributed by atoms with Crippen molar-refractivity contribution in [2.45, 2.75) is 11.3 Å². The van der Waals surface area contributed by atoms with Crippen LogP contribution in [0.15, 0.2) is 83.8 Å². The van der Waals surface area contributed by atoms with Gasteiger partial charge in [0.1, 0.15) is 5.82 Å². The Morgan fingerprint density at radius 2 is 1.66 bits per heavy atom. The van der Waals surface area contributed by atoms with Crippen molar-refractivity contribution in [3.05, 3.63) is 95.8 Å². The molecule has 8 heteroatoms. The SMILES string of the molecule is NS(=O)(=O)c1ccc(CCNC(=O)c2cc(-c3ccc(F)cc3)nc3ccccc23)cc1. The summed E-state index contributed by atoms with van der Waals surface area (Å²) in [7, 11) is -3.74. The van der Waals surface area contributed by atoms with Crippen LogP contribution >= 0.6 is 0 Å². The topological polar surface area (TPSA) is 102 Å². The number of hydrogen-bond acceptors (Lipinski definition) is 4. The number of para-hydroxylation sites is 1. The number of benzene rings is 3. The second-order valence-corrected chi connectivity index (χ2v) is 8.84. The standard InChI is InChI=1S/C24H20FN3O3S/c25-18-9-7-17(8-10-18)23-15-21(20-3-1-2-4-22(20)28-23)24(29)27-14-13-16-5-11-19(12-6-16)32(26,30)31/h1-12,15H,13-14H2,(H,27,29)(H2,26,30,31). The molecule has 0 unspecified atom stereocenters. The number of hydrogen-bond donors (Lipinski definition) is 2. The molecular weight excluding hydrogens is 429 g/mol. The molecule has 0 aliphatic heterocycles. The fourth-order valence-corrected chi connectivity index (χ4v) is 3.91. The normalized spacial score (nSPS) is 11.4. The molecule has 0 fully saturated rings. The Morgan fingerprint density at radius 1 is 0.969 bits per heavy atom. The van der Waals surface area contributed by atoms with Crippen LogP contribution in [0.5, 0.6) is 0 Å². The lowest BCUT2D eigenvalue weighted by atomic mass is 10.0. The van der Waals surface area contributed by atoms with Gasteiger partial charge in [-0.2, -0.15) is 0 Å². The number of fused-ring (bicyclic) bond motifs is 1. The maximum absolute atomic E-state index is 13.3. The number of carbonyl (C=O) groups excluding carboxylic acids is 1. The third kappa shape index (κ3) is 4.82. The lowest BCUT2D eigenvalue weighted by Gasteiger charge is -2.11. The number of aromatic nitrogens is 1. The first-order valence-electron chi connectivity index (χ1n) is 9.87. The van der Waals surface area contributed by atoms with Gasteiger partial charge in [0.15, 0.2) is 0 Å². The third-order valence-corrected chi connectivity index (χ3v) is 5.98. The molecule has 0 radical (unpaired) electrons. The molecule has 0 atom stereocenters. The van der Waals surface area contributed by atoms with Gasteiger partial charge in [-0.15, -0.1) is 0 Å². The van der Waals surface area contributed by atoms with Crippen LogP contribution in [0, 0.1) is 5.82 Å². The van der Waals surface area contributed by atoms with Crippen molar-refractivity contribution in [2.24, 2.45) is 5.14 Å². The van der Waals surface area contributed by atoms with Crippen molar-refractivity contribution in [1.29, 1.82) is 0 Å². The van der Waals surface area contributed by atoms with E-state index in [1.807, 2.05) is 24.3 Å². The minimum absolute atomic E-state index is 0.0434. The average Bonchev–Trinajstić information content (AvgIpc) is 2.78. The van der Waals surface area contributed by atoms with E-state index >= 15 is 0 Å². The third-order valence-electron chi connectivity index (χ3n) is 5.05. The molecule has 1 heterocycles. The van der Waals surface area contributed by atoms with Crippen molar-refractivity contribution in [1.82, 2.24) is 10.3 Å². The predicted octanol–water partition coefficient (Wildman–Crippen LogP) is 3.66. The number of halogens is 1. The van der Waals surface area contributed by atoms with Gasteiger partial charge in [-0.05, 0) is 60.5 Å². The average molecular weight is 450 g/mol. The van der Waals surface area contributed by atoms with Gasteiger partial charge < -0.3 is 5.32 Å². The summed E-state index contributed by atoms with van der Waals surface area (Å²) in [6.07, 6.45) is 0.518. The Balaban J connectivity index is 1.54. The lowest BCUT2D eigenvalue weighted by Crippen LogP contribution is -2.26. The second kappa shape index (κ2) is 8.86. The first-order chi connectivity index (χ1) is 15.3. The summed E-state index contributed by atoms with van der Waals surface area (Å²) in [5.74, 6) is -0.599. The van der Waals surface area contributed by atoms with Crippen LogP contribution < -0.4 is 10.5 Å². The van der Waals surface area contributed by atoms with E-state index in [0.717, 1.165) is 5.56 Å². The summed E-state index contributed by atoms with van der Waals surface area (Å²) in [5.41, 5.74) is 3.29. The van der Waals surface area contributed by atoms with Crippen LogP contribution in [-0.2, 0) is 16.4 Å². The quantitative estimate of drug-likeness (QED) is 0.469. The van der Waals surface area contributed by atoms with Gasteiger partial charge in [-0.1, -0.05) is 30.3 Å². The Kier molecular flexibility index (Phi) is 5.98. The molecular formula is C24H20FN3O3S. The van der Waals surface area contributed by atoms with Crippen molar-refractivity contribution in [3.8, 4) is 11.3 Å². The molecule has 0 spiro atoms. The minimum atomic E-state index is -3.74. The van der Waals surface area contributed by atoms with Gasteiger partial charge in [-0.25, -0.2) is 22.9 Å². The minimum Gasteiger partial charge on any atom is -0.352 e. The highest BCUT2D eigenvalue weighted by Crippen LogP contribution is 2.25. The van der Waals surface area contributed by atoms with Gasteiger partial charge in [0.2, 0.25) is 10.0 Å². The van der Waals surface area contributed by atoms with E-state index in [-0.39, 0.29) is 16.6 Å².